The van der Waals surface area contributed by atoms with Crippen LogP contribution in [0.1, 0.15) is 23.2 Å². The van der Waals surface area contributed by atoms with Crippen LogP contribution in [0.3, 0.4) is 0 Å². The number of carbonyl (C=O) groups is 1. The molecule has 6 nitrogen and oxygen atoms in total. The van der Waals surface area contributed by atoms with Gasteiger partial charge in [0.05, 0.1) is 10.5 Å². The highest BCUT2D eigenvalue weighted by Crippen LogP contribution is 2.44. The van der Waals surface area contributed by atoms with Crippen molar-refractivity contribution in [1.29, 1.82) is 0 Å². The summed E-state index contributed by atoms with van der Waals surface area (Å²) in [5.74, 6) is -1.17. The molecule has 0 atom stereocenters. The van der Waals surface area contributed by atoms with Crippen molar-refractivity contribution in [3.8, 4) is 0 Å². The normalized spacial score (nSPS) is 16.9. The van der Waals surface area contributed by atoms with E-state index in [2.05, 4.69) is 4.72 Å². The Bertz CT molecular complexity index is 639. The third-order valence-corrected chi connectivity index (χ3v) is 5.75. The summed E-state index contributed by atoms with van der Waals surface area (Å²) < 4.78 is 27.1. The second kappa shape index (κ2) is 5.58. The molecule has 1 saturated carbocycles. The average molecular weight is 411 g/mol. The van der Waals surface area contributed by atoms with Gasteiger partial charge in [0.1, 0.15) is 0 Å². The van der Waals surface area contributed by atoms with Gasteiger partial charge in [-0.3, -0.25) is 0 Å². The molecule has 1 aromatic carbocycles. The number of rotatable bonds is 6. The van der Waals surface area contributed by atoms with Crippen molar-refractivity contribution in [2.24, 2.45) is 5.41 Å². The number of benzene rings is 1. The molecule has 0 bridgehead atoms. The third-order valence-electron chi connectivity index (χ3n) is 3.41. The zero-order valence-corrected chi connectivity index (χ0v) is 13.4. The molecule has 0 amide bonds. The van der Waals surface area contributed by atoms with Crippen LogP contribution in [0, 0.1) is 8.99 Å². The number of aromatic carboxylic acids is 1. The zero-order valence-electron chi connectivity index (χ0n) is 10.5. The molecule has 3 N–H and O–H groups in total. The summed E-state index contributed by atoms with van der Waals surface area (Å²) in [7, 11) is -3.76. The number of halogens is 1. The zero-order chi connectivity index (χ0) is 15.0. The van der Waals surface area contributed by atoms with E-state index < -0.39 is 16.0 Å². The van der Waals surface area contributed by atoms with E-state index in [1.165, 1.54) is 12.1 Å². The Morgan fingerprint density at radius 1 is 1.40 bits per heavy atom. The lowest BCUT2D eigenvalue weighted by molar-refractivity contribution is 0.0695. The Balaban J connectivity index is 2.21. The standard InChI is InChI=1S/C12H14INO5S/c13-10-2-1-8(5-9(10)11(16)17)20(18,19)14-6-12(7-15)3-4-12/h1-2,5,14-15H,3-4,6-7H2,(H,16,17). The summed E-state index contributed by atoms with van der Waals surface area (Å²) in [6, 6.07) is 3.97. The molecule has 0 aliphatic heterocycles. The first-order valence-electron chi connectivity index (χ1n) is 5.93. The Labute approximate surface area is 130 Å². The van der Waals surface area contributed by atoms with Crippen LogP contribution in [-0.4, -0.2) is 37.8 Å². The molecule has 0 unspecified atom stereocenters. The van der Waals surface area contributed by atoms with Crippen molar-refractivity contribution in [2.75, 3.05) is 13.2 Å². The van der Waals surface area contributed by atoms with Gasteiger partial charge in [-0.2, -0.15) is 0 Å². The van der Waals surface area contributed by atoms with Crippen molar-refractivity contribution >= 4 is 38.6 Å². The smallest absolute Gasteiger partial charge is 0.336 e. The lowest BCUT2D eigenvalue weighted by Gasteiger charge is -2.13. The topological polar surface area (TPSA) is 104 Å². The number of carboxylic acids is 1. The van der Waals surface area contributed by atoms with E-state index in [0.717, 1.165) is 18.9 Å². The number of aliphatic hydroxyl groups is 1. The lowest BCUT2D eigenvalue weighted by atomic mass is 10.1. The molecule has 110 valence electrons. The Hall–Kier alpha value is -0.710. The largest absolute Gasteiger partial charge is 0.478 e. The van der Waals surface area contributed by atoms with E-state index >= 15 is 0 Å². The Kier molecular flexibility index (Phi) is 4.38. The van der Waals surface area contributed by atoms with Crippen LogP contribution < -0.4 is 4.72 Å². The van der Waals surface area contributed by atoms with Crippen LogP contribution in [-0.2, 0) is 10.0 Å². The average Bonchev–Trinajstić information content (AvgIpc) is 3.17. The van der Waals surface area contributed by atoms with Crippen LogP contribution >= 0.6 is 22.6 Å². The SMILES string of the molecule is O=C(O)c1cc(S(=O)(=O)NCC2(CO)CC2)ccc1I. The summed E-state index contributed by atoms with van der Waals surface area (Å²) in [4.78, 5) is 10.9. The highest BCUT2D eigenvalue weighted by Gasteiger charge is 2.42. The van der Waals surface area contributed by atoms with E-state index in [0.29, 0.717) is 3.57 Å². The predicted molar refractivity (Wildman–Crippen MR) is 80.1 cm³/mol. The minimum absolute atomic E-state index is 0.0447. The highest BCUT2D eigenvalue weighted by molar-refractivity contribution is 14.1. The summed E-state index contributed by atoms with van der Waals surface area (Å²) in [6.45, 7) is 0.114. The summed E-state index contributed by atoms with van der Waals surface area (Å²) >= 11 is 1.84. The van der Waals surface area contributed by atoms with Gasteiger partial charge in [-0.25, -0.2) is 17.9 Å². The molecule has 0 radical (unpaired) electrons. The maximum Gasteiger partial charge on any atom is 0.336 e. The maximum absolute atomic E-state index is 12.1. The number of sulfonamides is 1. The van der Waals surface area contributed by atoms with Gasteiger partial charge in [-0.1, -0.05) is 0 Å². The van der Waals surface area contributed by atoms with Gasteiger partial charge in [0, 0.05) is 22.1 Å². The molecule has 2 rings (SSSR count). The van der Waals surface area contributed by atoms with Gasteiger partial charge in [0.25, 0.3) is 0 Å². The minimum Gasteiger partial charge on any atom is -0.478 e. The van der Waals surface area contributed by atoms with Crippen molar-refractivity contribution in [1.82, 2.24) is 4.72 Å². The maximum atomic E-state index is 12.1. The molecule has 0 heterocycles. The molecule has 1 aromatic rings. The number of nitrogens with one attached hydrogen (secondary N) is 1. The monoisotopic (exact) mass is 411 g/mol. The van der Waals surface area contributed by atoms with Gasteiger partial charge in [0.2, 0.25) is 10.0 Å². The summed E-state index contributed by atoms with van der Waals surface area (Å²) in [5, 5.41) is 18.2. The van der Waals surface area contributed by atoms with Gasteiger partial charge in [0.15, 0.2) is 0 Å². The molecule has 20 heavy (non-hydrogen) atoms. The predicted octanol–water partition coefficient (Wildman–Crippen LogP) is 1.04. The van der Waals surface area contributed by atoms with Gasteiger partial charge in [-0.15, -0.1) is 0 Å². The fourth-order valence-corrected chi connectivity index (χ4v) is 3.48. The van der Waals surface area contributed by atoms with Gasteiger partial charge in [-0.05, 0) is 53.6 Å². The molecule has 0 aromatic heterocycles. The molecule has 8 heteroatoms. The van der Waals surface area contributed by atoms with Crippen molar-refractivity contribution < 1.29 is 23.4 Å². The van der Waals surface area contributed by atoms with Crippen LogP contribution in [0.5, 0.6) is 0 Å². The van der Waals surface area contributed by atoms with Crippen molar-refractivity contribution in [3.05, 3.63) is 27.3 Å². The van der Waals surface area contributed by atoms with E-state index in [4.69, 9.17) is 10.2 Å². The molecule has 1 aliphatic rings. The van der Waals surface area contributed by atoms with E-state index in [-0.39, 0.29) is 29.0 Å². The fourth-order valence-electron chi connectivity index (χ4n) is 1.73. The van der Waals surface area contributed by atoms with Crippen molar-refractivity contribution in [3.63, 3.8) is 0 Å². The van der Waals surface area contributed by atoms with E-state index in [1.54, 1.807) is 0 Å². The molecular formula is C12H14INO5S. The molecule has 1 aliphatic carbocycles. The number of carboxylic acid groups (broad SMARTS) is 1. The Morgan fingerprint density at radius 2 is 2.05 bits per heavy atom. The van der Waals surface area contributed by atoms with Crippen LogP contribution in [0.25, 0.3) is 0 Å². The first-order chi connectivity index (χ1) is 9.30. The van der Waals surface area contributed by atoms with E-state index in [1.807, 2.05) is 22.6 Å². The highest BCUT2D eigenvalue weighted by atomic mass is 127. The summed E-state index contributed by atoms with van der Waals surface area (Å²) in [5.41, 5.74) is -0.386. The minimum atomic E-state index is -3.76. The lowest BCUT2D eigenvalue weighted by Crippen LogP contribution is -2.32. The Morgan fingerprint density at radius 3 is 2.55 bits per heavy atom. The van der Waals surface area contributed by atoms with Gasteiger partial charge >= 0.3 is 5.97 Å². The quantitative estimate of drug-likeness (QED) is 0.607. The number of hydrogen-bond donors (Lipinski definition) is 3. The van der Waals surface area contributed by atoms with E-state index in [9.17, 15) is 13.2 Å². The molecular weight excluding hydrogens is 397 g/mol. The first-order valence-corrected chi connectivity index (χ1v) is 8.49. The van der Waals surface area contributed by atoms with Gasteiger partial charge < -0.3 is 10.2 Å². The second-order valence-corrected chi connectivity index (χ2v) is 7.86. The van der Waals surface area contributed by atoms with Crippen molar-refractivity contribution in [2.45, 2.75) is 17.7 Å². The number of hydrogen-bond acceptors (Lipinski definition) is 4. The van der Waals surface area contributed by atoms with Crippen LogP contribution in [0.4, 0.5) is 0 Å². The molecule has 0 spiro atoms. The fraction of sp³-hybridized carbons (Fsp3) is 0.417. The number of aliphatic hydroxyl groups excluding tert-OH is 1. The van der Waals surface area contributed by atoms with Crippen LogP contribution in [0.2, 0.25) is 0 Å². The van der Waals surface area contributed by atoms with Crippen LogP contribution in [0.15, 0.2) is 23.1 Å². The molecule has 0 saturated heterocycles. The summed E-state index contributed by atoms with van der Waals surface area (Å²) in [6.07, 6.45) is 1.58. The third kappa shape index (κ3) is 3.30. The second-order valence-electron chi connectivity index (χ2n) is 4.93. The molecule has 1 fully saturated rings. The first kappa shape index (κ1) is 15.7.